The van der Waals surface area contributed by atoms with Crippen molar-refractivity contribution >= 4 is 12.0 Å². The Morgan fingerprint density at radius 2 is 2.54 bits per heavy atom. The molecule has 0 spiro atoms. The average molecular weight is 175 g/mol. The van der Waals surface area contributed by atoms with Crippen molar-refractivity contribution in [3.05, 3.63) is 42.0 Å². The summed E-state index contributed by atoms with van der Waals surface area (Å²) in [5, 5.41) is 0. The van der Waals surface area contributed by atoms with Crippen molar-refractivity contribution in [2.24, 2.45) is 0 Å². The van der Waals surface area contributed by atoms with Gasteiger partial charge >= 0.3 is 5.97 Å². The van der Waals surface area contributed by atoms with Crippen molar-refractivity contribution in [2.45, 2.75) is 6.92 Å². The third-order valence-corrected chi connectivity index (χ3v) is 1.43. The smallest absolute Gasteiger partial charge is 0.330 e. The zero-order chi connectivity index (χ0) is 9.52. The van der Waals surface area contributed by atoms with Gasteiger partial charge < -0.3 is 4.74 Å². The minimum absolute atomic E-state index is 0.314. The standard InChI is InChI=1S/C11H11O2/c1-2-13-11(12)9-8-10-6-4-3-5-7-10/h3-4,6-9H,2H2,1H3/b9-8+. The van der Waals surface area contributed by atoms with Crippen LogP contribution in [-0.4, -0.2) is 12.6 Å². The van der Waals surface area contributed by atoms with Crippen molar-refractivity contribution in [1.29, 1.82) is 0 Å². The molecule has 67 valence electrons. The molecule has 0 aliphatic carbocycles. The molecule has 0 N–H and O–H groups in total. The Kier molecular flexibility index (Phi) is 3.76. The van der Waals surface area contributed by atoms with Gasteiger partial charge in [0.15, 0.2) is 0 Å². The van der Waals surface area contributed by atoms with Gasteiger partial charge in [-0.25, -0.2) is 4.79 Å². The summed E-state index contributed by atoms with van der Waals surface area (Å²) in [6.45, 7) is 2.19. The summed E-state index contributed by atoms with van der Waals surface area (Å²) in [7, 11) is 0. The van der Waals surface area contributed by atoms with Crippen LogP contribution in [-0.2, 0) is 9.53 Å². The Morgan fingerprint density at radius 3 is 3.15 bits per heavy atom. The number of ether oxygens (including phenoxy) is 1. The van der Waals surface area contributed by atoms with Crippen LogP contribution < -0.4 is 0 Å². The number of carbonyl (C=O) groups is 1. The highest BCUT2D eigenvalue weighted by Gasteiger charge is 1.92. The zero-order valence-electron chi connectivity index (χ0n) is 7.49. The Labute approximate surface area is 77.8 Å². The van der Waals surface area contributed by atoms with Crippen LogP contribution >= 0.6 is 0 Å². The van der Waals surface area contributed by atoms with Gasteiger partial charge in [0, 0.05) is 6.08 Å². The molecule has 0 fully saturated rings. The van der Waals surface area contributed by atoms with Gasteiger partial charge in [-0.2, -0.15) is 0 Å². The summed E-state index contributed by atoms with van der Waals surface area (Å²) in [6, 6.07) is 10.3. The summed E-state index contributed by atoms with van der Waals surface area (Å²) < 4.78 is 4.73. The molecule has 0 saturated heterocycles. The fraction of sp³-hybridized carbons (Fsp3) is 0.182. The van der Waals surface area contributed by atoms with Crippen LogP contribution in [0.25, 0.3) is 6.08 Å². The number of carbonyl (C=O) groups excluding carboxylic acids is 1. The van der Waals surface area contributed by atoms with Gasteiger partial charge in [-0.15, -0.1) is 0 Å². The second-order valence-electron chi connectivity index (χ2n) is 2.42. The van der Waals surface area contributed by atoms with E-state index in [2.05, 4.69) is 6.07 Å². The maximum absolute atomic E-state index is 10.9. The molecule has 2 nitrogen and oxygen atoms in total. The summed E-state index contributed by atoms with van der Waals surface area (Å²) in [6.07, 6.45) is 3.11. The molecular formula is C11H11O2. The van der Waals surface area contributed by atoms with Crippen LogP contribution in [0.3, 0.4) is 0 Å². The Bertz CT molecular complexity index is 288. The van der Waals surface area contributed by atoms with E-state index in [1.165, 1.54) is 6.08 Å². The molecule has 1 radical (unpaired) electrons. The molecule has 0 heterocycles. The molecule has 0 aliphatic rings. The molecule has 0 amide bonds. The lowest BCUT2D eigenvalue weighted by Crippen LogP contribution is -1.98. The fourth-order valence-electron chi connectivity index (χ4n) is 0.866. The van der Waals surface area contributed by atoms with E-state index in [4.69, 9.17) is 4.74 Å². The van der Waals surface area contributed by atoms with Crippen LogP contribution in [0.4, 0.5) is 0 Å². The lowest BCUT2D eigenvalue weighted by molar-refractivity contribution is -0.137. The molecule has 1 rings (SSSR count). The van der Waals surface area contributed by atoms with E-state index in [0.29, 0.717) is 6.61 Å². The van der Waals surface area contributed by atoms with Gasteiger partial charge in [0.25, 0.3) is 0 Å². The number of esters is 1. The first-order chi connectivity index (χ1) is 6.33. The molecule has 0 bridgehead atoms. The lowest BCUT2D eigenvalue weighted by atomic mass is 10.2. The van der Waals surface area contributed by atoms with Crippen LogP contribution in [0.1, 0.15) is 12.5 Å². The molecule has 2 heteroatoms. The van der Waals surface area contributed by atoms with Crippen LogP contribution in [0.15, 0.2) is 30.3 Å². The van der Waals surface area contributed by atoms with E-state index in [1.807, 2.05) is 18.2 Å². The summed E-state index contributed by atoms with van der Waals surface area (Å²) in [4.78, 5) is 10.9. The maximum atomic E-state index is 10.9. The third-order valence-electron chi connectivity index (χ3n) is 1.43. The third kappa shape index (κ3) is 3.56. The molecule has 0 aromatic heterocycles. The lowest BCUT2D eigenvalue weighted by Gasteiger charge is -1.94. The van der Waals surface area contributed by atoms with Crippen molar-refractivity contribution in [3.8, 4) is 0 Å². The number of benzene rings is 1. The first kappa shape index (κ1) is 9.52. The monoisotopic (exact) mass is 175 g/mol. The second kappa shape index (κ2) is 5.14. The Morgan fingerprint density at radius 1 is 1.69 bits per heavy atom. The molecule has 0 unspecified atom stereocenters. The number of hydrogen-bond acceptors (Lipinski definition) is 2. The highest BCUT2D eigenvalue weighted by atomic mass is 16.5. The van der Waals surface area contributed by atoms with Crippen LogP contribution in [0.5, 0.6) is 0 Å². The molecule has 1 aromatic carbocycles. The topological polar surface area (TPSA) is 26.3 Å². The van der Waals surface area contributed by atoms with Gasteiger partial charge in [0.2, 0.25) is 0 Å². The first-order valence-corrected chi connectivity index (χ1v) is 4.14. The summed E-state index contributed by atoms with van der Waals surface area (Å²) in [5.74, 6) is -0.314. The molecule has 0 saturated carbocycles. The van der Waals surface area contributed by atoms with Gasteiger partial charge in [-0.3, -0.25) is 0 Å². The first-order valence-electron chi connectivity index (χ1n) is 4.14. The van der Waals surface area contributed by atoms with Crippen LogP contribution in [0.2, 0.25) is 0 Å². The summed E-state index contributed by atoms with van der Waals surface area (Å²) >= 11 is 0. The van der Waals surface area contributed by atoms with E-state index in [9.17, 15) is 4.79 Å². The normalized spacial score (nSPS) is 10.2. The van der Waals surface area contributed by atoms with Gasteiger partial charge in [0.05, 0.1) is 6.61 Å². The fourth-order valence-corrected chi connectivity index (χ4v) is 0.866. The van der Waals surface area contributed by atoms with E-state index < -0.39 is 0 Å². The Hall–Kier alpha value is -1.57. The van der Waals surface area contributed by atoms with Crippen molar-refractivity contribution < 1.29 is 9.53 Å². The highest BCUT2D eigenvalue weighted by Crippen LogP contribution is 2.00. The number of rotatable bonds is 3. The quantitative estimate of drug-likeness (QED) is 0.519. The minimum atomic E-state index is -0.314. The largest absolute Gasteiger partial charge is 0.463 e. The maximum Gasteiger partial charge on any atom is 0.330 e. The molecule has 1 aromatic rings. The number of hydrogen-bond donors (Lipinski definition) is 0. The highest BCUT2D eigenvalue weighted by molar-refractivity contribution is 5.86. The molecule has 0 aliphatic heterocycles. The van der Waals surface area contributed by atoms with E-state index >= 15 is 0 Å². The van der Waals surface area contributed by atoms with Gasteiger partial charge in [-0.05, 0) is 30.7 Å². The van der Waals surface area contributed by atoms with E-state index in [-0.39, 0.29) is 5.97 Å². The summed E-state index contributed by atoms with van der Waals surface area (Å²) in [5.41, 5.74) is 0.940. The van der Waals surface area contributed by atoms with Crippen molar-refractivity contribution in [3.63, 3.8) is 0 Å². The predicted octanol–water partition coefficient (Wildman–Crippen LogP) is 2.06. The van der Waals surface area contributed by atoms with Crippen LogP contribution in [0, 0.1) is 6.07 Å². The minimum Gasteiger partial charge on any atom is -0.463 e. The van der Waals surface area contributed by atoms with E-state index in [1.54, 1.807) is 19.1 Å². The average Bonchev–Trinajstić information content (AvgIpc) is 2.17. The predicted molar refractivity (Wildman–Crippen MR) is 50.9 cm³/mol. The zero-order valence-corrected chi connectivity index (χ0v) is 7.49. The molecular weight excluding hydrogens is 164 g/mol. The van der Waals surface area contributed by atoms with Gasteiger partial charge in [0.1, 0.15) is 0 Å². The second-order valence-corrected chi connectivity index (χ2v) is 2.42. The van der Waals surface area contributed by atoms with Gasteiger partial charge in [-0.1, -0.05) is 18.2 Å². The molecule has 13 heavy (non-hydrogen) atoms. The Balaban J connectivity index is 2.54. The SMILES string of the molecule is CCOC(=O)/C=C/c1c[c]ccc1. The van der Waals surface area contributed by atoms with E-state index in [0.717, 1.165) is 5.56 Å². The van der Waals surface area contributed by atoms with Crippen molar-refractivity contribution in [2.75, 3.05) is 6.61 Å². The molecule has 0 atom stereocenters. The van der Waals surface area contributed by atoms with Crippen molar-refractivity contribution in [1.82, 2.24) is 0 Å².